The maximum Gasteiger partial charge on any atom is 0.297 e. The van der Waals surface area contributed by atoms with E-state index in [1.54, 1.807) is 12.1 Å². The van der Waals surface area contributed by atoms with Crippen molar-refractivity contribution in [3.8, 4) is 0 Å². The van der Waals surface area contributed by atoms with E-state index in [1.165, 1.54) is 0 Å². The molecule has 0 atom stereocenters. The molecule has 7 heteroatoms. The van der Waals surface area contributed by atoms with Crippen molar-refractivity contribution in [1.29, 1.82) is 0 Å². The fourth-order valence-electron chi connectivity index (χ4n) is 3.27. The zero-order valence-corrected chi connectivity index (χ0v) is 14.7. The van der Waals surface area contributed by atoms with Gasteiger partial charge in [0.15, 0.2) is 5.82 Å². The van der Waals surface area contributed by atoms with E-state index in [0.717, 1.165) is 24.2 Å². The van der Waals surface area contributed by atoms with Gasteiger partial charge >= 0.3 is 0 Å². The summed E-state index contributed by atoms with van der Waals surface area (Å²) in [6, 6.07) is 15.0. The second-order valence-electron chi connectivity index (χ2n) is 6.18. The van der Waals surface area contributed by atoms with Crippen molar-refractivity contribution < 1.29 is 8.78 Å². The zero-order valence-electron chi connectivity index (χ0n) is 13.9. The molecule has 26 heavy (non-hydrogen) atoms. The number of fused-ring (bicyclic) bond motifs is 1. The van der Waals surface area contributed by atoms with Gasteiger partial charge in [0.25, 0.3) is 6.43 Å². The summed E-state index contributed by atoms with van der Waals surface area (Å²) in [4.78, 5) is 12.4. The Morgan fingerprint density at radius 1 is 0.885 bits per heavy atom. The number of alkyl halides is 2. The number of halogens is 3. The normalized spacial score (nSPS) is 15.1. The first kappa shape index (κ1) is 17.0. The number of para-hydroxylation sites is 1. The van der Waals surface area contributed by atoms with Crippen LogP contribution in [0.4, 0.5) is 20.3 Å². The monoisotopic (exact) mass is 374 g/mol. The van der Waals surface area contributed by atoms with Crippen LogP contribution in [0.5, 0.6) is 0 Å². The molecular formula is C19H17ClF2N4. The van der Waals surface area contributed by atoms with Crippen LogP contribution in [-0.4, -0.2) is 36.1 Å². The summed E-state index contributed by atoms with van der Waals surface area (Å²) in [5, 5.41) is 1.50. The number of piperazine rings is 1. The molecule has 3 aromatic rings. The van der Waals surface area contributed by atoms with Crippen molar-refractivity contribution in [1.82, 2.24) is 9.97 Å². The largest absolute Gasteiger partial charge is 0.368 e. The summed E-state index contributed by atoms with van der Waals surface area (Å²) in [7, 11) is 0. The average molecular weight is 375 g/mol. The van der Waals surface area contributed by atoms with Crippen molar-refractivity contribution in [3.63, 3.8) is 0 Å². The molecule has 134 valence electrons. The lowest BCUT2D eigenvalue weighted by molar-refractivity contribution is 0.141. The Labute approximate surface area is 155 Å². The molecule has 0 spiro atoms. The minimum Gasteiger partial charge on any atom is -0.368 e. The Kier molecular flexibility index (Phi) is 4.59. The summed E-state index contributed by atoms with van der Waals surface area (Å²) in [6.45, 7) is 2.91. The Hall–Kier alpha value is -2.47. The molecule has 1 aliphatic heterocycles. The fourth-order valence-corrected chi connectivity index (χ4v) is 3.45. The number of aromatic nitrogens is 2. The molecule has 0 amide bonds. The summed E-state index contributed by atoms with van der Waals surface area (Å²) in [5.41, 5.74) is 1.61. The number of nitrogens with zero attached hydrogens (tertiary/aromatic N) is 4. The van der Waals surface area contributed by atoms with Crippen LogP contribution in [0.2, 0.25) is 5.02 Å². The van der Waals surface area contributed by atoms with Crippen LogP contribution in [0.1, 0.15) is 12.2 Å². The van der Waals surface area contributed by atoms with Crippen LogP contribution in [0, 0.1) is 0 Å². The maximum atomic E-state index is 13.2. The molecule has 0 N–H and O–H groups in total. The van der Waals surface area contributed by atoms with Gasteiger partial charge in [0.05, 0.1) is 5.52 Å². The summed E-state index contributed by atoms with van der Waals surface area (Å²) < 4.78 is 26.4. The molecule has 0 radical (unpaired) electrons. The highest BCUT2D eigenvalue weighted by Crippen LogP contribution is 2.29. The maximum absolute atomic E-state index is 13.2. The van der Waals surface area contributed by atoms with Gasteiger partial charge in [-0.05, 0) is 30.3 Å². The van der Waals surface area contributed by atoms with Crippen LogP contribution in [0.25, 0.3) is 10.9 Å². The molecular weight excluding hydrogens is 358 g/mol. The lowest BCUT2D eigenvalue weighted by Gasteiger charge is -2.37. The average Bonchev–Trinajstić information content (AvgIpc) is 2.67. The van der Waals surface area contributed by atoms with Crippen LogP contribution in [0.15, 0.2) is 48.5 Å². The van der Waals surface area contributed by atoms with Gasteiger partial charge in [-0.1, -0.05) is 29.8 Å². The Bertz CT molecular complexity index is 926. The van der Waals surface area contributed by atoms with Crippen molar-refractivity contribution in [2.24, 2.45) is 0 Å². The number of rotatable bonds is 3. The number of hydrogen-bond acceptors (Lipinski definition) is 4. The predicted octanol–water partition coefficient (Wildman–Crippen LogP) is 4.55. The first-order valence-electron chi connectivity index (χ1n) is 8.42. The van der Waals surface area contributed by atoms with Gasteiger partial charge in [-0.25, -0.2) is 18.7 Å². The second-order valence-corrected chi connectivity index (χ2v) is 6.61. The quantitative estimate of drug-likeness (QED) is 0.673. The van der Waals surface area contributed by atoms with E-state index in [2.05, 4.69) is 19.8 Å². The van der Waals surface area contributed by atoms with E-state index in [4.69, 9.17) is 11.6 Å². The third-order valence-electron chi connectivity index (χ3n) is 4.55. The molecule has 2 heterocycles. The minimum absolute atomic E-state index is 0.420. The summed E-state index contributed by atoms with van der Waals surface area (Å²) in [5.74, 6) is 0.160. The van der Waals surface area contributed by atoms with Gasteiger partial charge in [0.1, 0.15) is 5.82 Å². The van der Waals surface area contributed by atoms with E-state index in [9.17, 15) is 8.78 Å². The van der Waals surface area contributed by atoms with Crippen molar-refractivity contribution >= 4 is 34.0 Å². The van der Waals surface area contributed by atoms with Crippen molar-refractivity contribution in [2.75, 3.05) is 36.0 Å². The van der Waals surface area contributed by atoms with E-state index in [-0.39, 0.29) is 0 Å². The molecule has 0 aliphatic carbocycles. The standard InChI is InChI=1S/C19H17ClF2N4/c20-13-4-3-5-14(12-13)25-8-10-26(11-9-25)19-15-6-1-2-7-16(15)23-18(24-19)17(21)22/h1-7,12,17H,8-11H2. The lowest BCUT2D eigenvalue weighted by Crippen LogP contribution is -2.47. The molecule has 2 aromatic carbocycles. The van der Waals surface area contributed by atoms with Crippen LogP contribution < -0.4 is 9.80 Å². The predicted molar refractivity (Wildman–Crippen MR) is 100 cm³/mol. The molecule has 1 aromatic heterocycles. The van der Waals surface area contributed by atoms with Crippen LogP contribution in [0.3, 0.4) is 0 Å². The molecule has 0 saturated carbocycles. The Balaban J connectivity index is 1.61. The Morgan fingerprint density at radius 3 is 2.35 bits per heavy atom. The molecule has 1 aliphatic rings. The molecule has 1 saturated heterocycles. The van der Waals surface area contributed by atoms with E-state index >= 15 is 0 Å². The van der Waals surface area contributed by atoms with Crippen molar-refractivity contribution in [2.45, 2.75) is 6.43 Å². The van der Waals surface area contributed by atoms with E-state index in [1.807, 2.05) is 36.4 Å². The molecule has 1 fully saturated rings. The SMILES string of the molecule is FC(F)c1nc(N2CCN(c3cccc(Cl)c3)CC2)c2ccccc2n1. The molecule has 4 nitrogen and oxygen atoms in total. The second kappa shape index (κ2) is 7.03. The molecule has 0 unspecified atom stereocenters. The fraction of sp³-hybridized carbons (Fsp3) is 0.263. The molecule has 0 bridgehead atoms. The van der Waals surface area contributed by atoms with Crippen LogP contribution >= 0.6 is 11.6 Å². The van der Waals surface area contributed by atoms with Gasteiger partial charge < -0.3 is 9.80 Å². The first-order chi connectivity index (χ1) is 12.6. The van der Waals surface area contributed by atoms with E-state index in [0.29, 0.717) is 29.4 Å². The van der Waals surface area contributed by atoms with E-state index < -0.39 is 12.2 Å². The van der Waals surface area contributed by atoms with Gasteiger partial charge in [-0.15, -0.1) is 0 Å². The van der Waals surface area contributed by atoms with Crippen molar-refractivity contribution in [3.05, 3.63) is 59.4 Å². The van der Waals surface area contributed by atoms with Gasteiger partial charge in [-0.2, -0.15) is 0 Å². The van der Waals surface area contributed by atoms with Gasteiger partial charge in [-0.3, -0.25) is 0 Å². The highest BCUT2D eigenvalue weighted by atomic mass is 35.5. The Morgan fingerprint density at radius 2 is 1.62 bits per heavy atom. The number of benzene rings is 2. The molecule has 4 rings (SSSR count). The van der Waals surface area contributed by atoms with Gasteiger partial charge in [0.2, 0.25) is 0 Å². The number of hydrogen-bond donors (Lipinski definition) is 0. The van der Waals surface area contributed by atoms with Crippen LogP contribution in [-0.2, 0) is 0 Å². The highest BCUT2D eigenvalue weighted by Gasteiger charge is 2.23. The smallest absolute Gasteiger partial charge is 0.297 e. The van der Waals surface area contributed by atoms with Gasteiger partial charge in [0, 0.05) is 42.3 Å². The topological polar surface area (TPSA) is 32.3 Å². The third kappa shape index (κ3) is 3.29. The highest BCUT2D eigenvalue weighted by molar-refractivity contribution is 6.30. The zero-order chi connectivity index (χ0) is 18.1. The number of anilines is 2. The minimum atomic E-state index is -2.69. The lowest BCUT2D eigenvalue weighted by atomic mass is 10.2. The first-order valence-corrected chi connectivity index (χ1v) is 8.80. The third-order valence-corrected chi connectivity index (χ3v) is 4.78. The summed E-state index contributed by atoms with van der Waals surface area (Å²) >= 11 is 6.08. The summed E-state index contributed by atoms with van der Waals surface area (Å²) in [6.07, 6.45) is -2.69.